The quantitative estimate of drug-likeness (QED) is 0.548. The van der Waals surface area contributed by atoms with E-state index >= 15 is 0 Å². The maximum atomic E-state index is 13.2. The highest BCUT2D eigenvalue weighted by molar-refractivity contribution is 8.01. The van der Waals surface area contributed by atoms with Gasteiger partial charge in [-0.3, -0.25) is 9.59 Å². The molecule has 0 aliphatic heterocycles. The Morgan fingerprint density at radius 3 is 2.17 bits per heavy atom. The lowest BCUT2D eigenvalue weighted by atomic mass is 10.2. The molecule has 0 aliphatic carbocycles. The molecule has 2 amide bonds. The number of amides is 2. The number of benzene rings is 3. The first-order valence-electron chi connectivity index (χ1n) is 9.60. The Morgan fingerprint density at radius 1 is 0.933 bits per heavy atom. The zero-order valence-corrected chi connectivity index (χ0v) is 17.4. The van der Waals surface area contributed by atoms with Crippen LogP contribution >= 0.6 is 11.8 Å². The van der Waals surface area contributed by atoms with Crippen molar-refractivity contribution in [2.45, 2.75) is 18.7 Å². The minimum absolute atomic E-state index is 0.0652. The van der Waals surface area contributed by atoms with Gasteiger partial charge in [0.05, 0.1) is 17.5 Å². The molecule has 3 rings (SSSR count). The van der Waals surface area contributed by atoms with Gasteiger partial charge in [-0.1, -0.05) is 48.5 Å². The largest absolute Gasteiger partial charge is 0.325 e. The van der Waals surface area contributed by atoms with Crippen LogP contribution in [-0.4, -0.2) is 22.8 Å². The molecule has 1 unspecified atom stereocenters. The fraction of sp³-hybridized carbons (Fsp3) is 0.167. The molecule has 0 bridgehead atoms. The highest BCUT2D eigenvalue weighted by Crippen LogP contribution is 2.22. The Morgan fingerprint density at radius 2 is 1.53 bits per heavy atom. The fourth-order valence-electron chi connectivity index (χ4n) is 2.89. The van der Waals surface area contributed by atoms with Gasteiger partial charge in [-0.2, -0.15) is 0 Å². The van der Waals surface area contributed by atoms with Crippen molar-refractivity contribution in [2.24, 2.45) is 0 Å². The van der Waals surface area contributed by atoms with Crippen LogP contribution in [0.1, 0.15) is 12.5 Å². The van der Waals surface area contributed by atoms with E-state index in [1.807, 2.05) is 60.7 Å². The Hall–Kier alpha value is -3.12. The Balaban J connectivity index is 1.63. The summed E-state index contributed by atoms with van der Waals surface area (Å²) in [6.45, 7) is 2.26. The molecule has 0 saturated heterocycles. The van der Waals surface area contributed by atoms with Crippen molar-refractivity contribution >= 4 is 35.0 Å². The normalized spacial score (nSPS) is 11.5. The maximum Gasteiger partial charge on any atom is 0.240 e. The molecule has 0 radical (unpaired) electrons. The number of thioether (sulfide) groups is 1. The maximum absolute atomic E-state index is 13.2. The van der Waals surface area contributed by atoms with Crippen LogP contribution in [0.2, 0.25) is 0 Å². The van der Waals surface area contributed by atoms with Crippen molar-refractivity contribution in [3.05, 3.63) is 96.3 Å². The van der Waals surface area contributed by atoms with Crippen molar-refractivity contribution in [2.75, 3.05) is 16.0 Å². The van der Waals surface area contributed by atoms with Crippen LogP contribution < -0.4 is 10.2 Å². The van der Waals surface area contributed by atoms with Gasteiger partial charge in [0.2, 0.25) is 11.8 Å². The predicted molar refractivity (Wildman–Crippen MR) is 121 cm³/mol. The highest BCUT2D eigenvalue weighted by atomic mass is 32.2. The van der Waals surface area contributed by atoms with Crippen molar-refractivity contribution in [3.63, 3.8) is 0 Å². The molecule has 30 heavy (non-hydrogen) atoms. The van der Waals surface area contributed by atoms with Gasteiger partial charge in [-0.25, -0.2) is 4.39 Å². The average Bonchev–Trinajstić information content (AvgIpc) is 2.78. The summed E-state index contributed by atoms with van der Waals surface area (Å²) in [6, 6.07) is 24.9. The topological polar surface area (TPSA) is 49.4 Å². The third-order valence-corrected chi connectivity index (χ3v) is 5.59. The first-order valence-corrected chi connectivity index (χ1v) is 10.6. The second-order valence-electron chi connectivity index (χ2n) is 6.75. The molecule has 3 aromatic rings. The molecule has 0 aliphatic rings. The number of nitrogens with zero attached hydrogens (tertiary/aromatic N) is 1. The van der Waals surface area contributed by atoms with Gasteiger partial charge in [0.25, 0.3) is 0 Å². The number of hydrogen-bond donors (Lipinski definition) is 1. The number of carbonyl (C=O) groups is 2. The Kier molecular flexibility index (Phi) is 7.63. The summed E-state index contributed by atoms with van der Waals surface area (Å²) < 4.78 is 13.0. The third-order valence-electron chi connectivity index (χ3n) is 4.46. The number of hydrogen-bond acceptors (Lipinski definition) is 3. The SMILES string of the molecule is CC(SCC(=O)Nc1ccc(F)cc1)C(=O)N(Cc1ccccc1)c1ccccc1. The van der Waals surface area contributed by atoms with E-state index in [4.69, 9.17) is 0 Å². The molecular formula is C24H23FN2O2S. The Bertz CT molecular complexity index is 966. The molecule has 0 aromatic heterocycles. The molecule has 0 fully saturated rings. The predicted octanol–water partition coefficient (Wildman–Crippen LogP) is 5.12. The molecule has 0 saturated carbocycles. The lowest BCUT2D eigenvalue weighted by molar-refractivity contribution is -0.118. The second kappa shape index (κ2) is 10.6. The summed E-state index contributed by atoms with van der Waals surface area (Å²) in [5.74, 6) is -0.538. The van der Waals surface area contributed by atoms with Crippen LogP contribution in [0.4, 0.5) is 15.8 Å². The van der Waals surface area contributed by atoms with E-state index in [0.29, 0.717) is 12.2 Å². The number of rotatable bonds is 8. The summed E-state index contributed by atoms with van der Waals surface area (Å²) in [5, 5.41) is 2.30. The molecule has 0 heterocycles. The fourth-order valence-corrected chi connectivity index (χ4v) is 3.64. The smallest absolute Gasteiger partial charge is 0.240 e. The molecular weight excluding hydrogens is 399 g/mol. The molecule has 3 aromatic carbocycles. The van der Waals surface area contributed by atoms with Gasteiger partial charge in [-0.15, -0.1) is 11.8 Å². The van der Waals surface area contributed by atoms with Gasteiger partial charge < -0.3 is 10.2 Å². The monoisotopic (exact) mass is 422 g/mol. The van der Waals surface area contributed by atoms with E-state index in [1.165, 1.54) is 36.0 Å². The summed E-state index contributed by atoms with van der Waals surface area (Å²) >= 11 is 1.27. The third kappa shape index (κ3) is 6.19. The van der Waals surface area contributed by atoms with E-state index in [0.717, 1.165) is 11.3 Å². The van der Waals surface area contributed by atoms with Crippen LogP contribution in [0.5, 0.6) is 0 Å². The molecule has 1 atom stereocenters. The lowest BCUT2D eigenvalue weighted by Gasteiger charge is -2.26. The highest BCUT2D eigenvalue weighted by Gasteiger charge is 2.23. The number of para-hydroxylation sites is 1. The lowest BCUT2D eigenvalue weighted by Crippen LogP contribution is -2.36. The zero-order chi connectivity index (χ0) is 21.3. The van der Waals surface area contributed by atoms with E-state index < -0.39 is 5.25 Å². The minimum atomic E-state index is -0.409. The standard InChI is InChI=1S/C24H23FN2O2S/c1-18(30-17-23(28)26-21-14-12-20(25)13-15-21)24(29)27(22-10-6-3-7-11-22)16-19-8-4-2-5-9-19/h2-15,18H,16-17H2,1H3,(H,26,28). The van der Waals surface area contributed by atoms with Crippen molar-refractivity contribution in [3.8, 4) is 0 Å². The average molecular weight is 423 g/mol. The van der Waals surface area contributed by atoms with E-state index in [9.17, 15) is 14.0 Å². The summed E-state index contributed by atoms with van der Waals surface area (Å²) in [5.41, 5.74) is 2.37. The molecule has 0 spiro atoms. The van der Waals surface area contributed by atoms with Gasteiger partial charge in [0.15, 0.2) is 0 Å². The van der Waals surface area contributed by atoms with Gasteiger partial charge in [0, 0.05) is 11.4 Å². The van der Waals surface area contributed by atoms with Crippen LogP contribution in [0.15, 0.2) is 84.9 Å². The van der Waals surface area contributed by atoms with E-state index in [2.05, 4.69) is 5.32 Å². The minimum Gasteiger partial charge on any atom is -0.325 e. The molecule has 4 nitrogen and oxygen atoms in total. The van der Waals surface area contributed by atoms with Crippen LogP contribution in [0.3, 0.4) is 0 Å². The van der Waals surface area contributed by atoms with Crippen LogP contribution in [-0.2, 0) is 16.1 Å². The first kappa shape index (κ1) is 21.6. The van der Waals surface area contributed by atoms with Crippen LogP contribution in [0.25, 0.3) is 0 Å². The first-order chi connectivity index (χ1) is 14.5. The van der Waals surface area contributed by atoms with E-state index in [-0.39, 0.29) is 23.4 Å². The number of carbonyl (C=O) groups excluding carboxylic acids is 2. The molecule has 1 N–H and O–H groups in total. The van der Waals surface area contributed by atoms with Gasteiger partial charge in [0.1, 0.15) is 5.82 Å². The Labute approximate surface area is 180 Å². The molecule has 154 valence electrons. The van der Waals surface area contributed by atoms with Crippen molar-refractivity contribution < 1.29 is 14.0 Å². The zero-order valence-electron chi connectivity index (χ0n) is 16.6. The summed E-state index contributed by atoms with van der Waals surface area (Å²) in [4.78, 5) is 27.1. The van der Waals surface area contributed by atoms with Crippen molar-refractivity contribution in [1.82, 2.24) is 0 Å². The second-order valence-corrected chi connectivity index (χ2v) is 8.08. The van der Waals surface area contributed by atoms with Crippen LogP contribution in [0, 0.1) is 5.82 Å². The van der Waals surface area contributed by atoms with E-state index in [1.54, 1.807) is 11.8 Å². The summed E-state index contributed by atoms with van der Waals surface area (Å²) in [6.07, 6.45) is 0. The number of nitrogens with one attached hydrogen (secondary N) is 1. The van der Waals surface area contributed by atoms with Gasteiger partial charge in [-0.05, 0) is 48.9 Å². The number of halogens is 1. The molecule has 6 heteroatoms. The van der Waals surface area contributed by atoms with Gasteiger partial charge >= 0.3 is 0 Å². The number of anilines is 2. The van der Waals surface area contributed by atoms with Crippen molar-refractivity contribution in [1.29, 1.82) is 0 Å². The summed E-state index contributed by atoms with van der Waals surface area (Å²) in [7, 11) is 0.